The Labute approximate surface area is 138 Å². The molecule has 0 amide bonds. The third-order valence-electron chi connectivity index (χ3n) is 4.21. The minimum Gasteiger partial charge on any atom is -0.461 e. The van der Waals surface area contributed by atoms with Gasteiger partial charge >= 0.3 is 5.97 Å². The van der Waals surface area contributed by atoms with Crippen molar-refractivity contribution in [1.82, 2.24) is 15.0 Å². The van der Waals surface area contributed by atoms with E-state index in [2.05, 4.69) is 17.2 Å². The Balaban J connectivity index is 2.05. The fourth-order valence-electron chi connectivity index (χ4n) is 2.96. The summed E-state index contributed by atoms with van der Waals surface area (Å²) in [5.41, 5.74) is 0.858. The van der Waals surface area contributed by atoms with E-state index in [0.717, 1.165) is 29.5 Å². The summed E-state index contributed by atoms with van der Waals surface area (Å²) in [6.07, 6.45) is 2.72. The van der Waals surface area contributed by atoms with Crippen molar-refractivity contribution < 1.29 is 9.53 Å². The average molecular weight is 335 g/mol. The molecule has 23 heavy (non-hydrogen) atoms. The largest absolute Gasteiger partial charge is 0.461 e. The van der Waals surface area contributed by atoms with Gasteiger partial charge in [-0.25, -0.2) is 4.79 Å². The molecule has 2 heterocycles. The third-order valence-corrected chi connectivity index (χ3v) is 5.35. The lowest BCUT2D eigenvalue weighted by atomic mass is 9.89. The topological polar surface area (TPSA) is 74.1 Å². The Kier molecular flexibility index (Phi) is 4.23. The highest BCUT2D eigenvalue weighted by Crippen LogP contribution is 2.35. The summed E-state index contributed by atoms with van der Waals surface area (Å²) >= 11 is 1.55. The summed E-state index contributed by atoms with van der Waals surface area (Å²) in [7, 11) is 0. The Bertz CT molecular complexity index is 809. The number of carbonyl (C=O) groups excluding carboxylic acids is 1. The summed E-state index contributed by atoms with van der Waals surface area (Å²) < 4.78 is 6.33. The van der Waals surface area contributed by atoms with Crippen LogP contribution in [0.5, 0.6) is 0 Å². The monoisotopic (exact) mass is 335 g/mol. The Morgan fingerprint density at radius 3 is 2.83 bits per heavy atom. The van der Waals surface area contributed by atoms with Crippen LogP contribution in [-0.4, -0.2) is 27.1 Å². The molecule has 0 spiro atoms. The molecular formula is C16H21N3O3S. The summed E-state index contributed by atoms with van der Waals surface area (Å²) in [5.74, 6) is 0.166. The third kappa shape index (κ3) is 2.89. The van der Waals surface area contributed by atoms with E-state index < -0.39 is 12.0 Å². The molecule has 0 unspecified atom stereocenters. The number of nitrogens with zero attached hydrogens (tertiary/aromatic N) is 3. The Hall–Kier alpha value is -1.76. The van der Waals surface area contributed by atoms with Crippen molar-refractivity contribution in [2.24, 2.45) is 5.92 Å². The van der Waals surface area contributed by atoms with E-state index in [9.17, 15) is 9.59 Å². The standard InChI is InChI=1S/C16H21N3O3S/c1-8(2)22-16(21)10(4)19-15(20)13-11-6-5-9(3)7-12(11)23-14(13)17-18-19/h8-10H,5-7H2,1-4H3/t9-,10-/m1/s1. The maximum Gasteiger partial charge on any atom is 0.331 e. The van der Waals surface area contributed by atoms with E-state index in [-0.39, 0.29) is 11.7 Å². The number of aromatic nitrogens is 3. The molecule has 0 aromatic carbocycles. The molecule has 0 saturated carbocycles. The van der Waals surface area contributed by atoms with Gasteiger partial charge in [-0.3, -0.25) is 4.79 Å². The molecule has 7 heteroatoms. The lowest BCUT2D eigenvalue weighted by Gasteiger charge is -2.18. The molecule has 3 rings (SSSR count). The maximum atomic E-state index is 12.8. The second-order valence-electron chi connectivity index (χ2n) is 6.53. The van der Waals surface area contributed by atoms with Crippen molar-refractivity contribution in [3.63, 3.8) is 0 Å². The fourth-order valence-corrected chi connectivity index (χ4v) is 4.27. The Morgan fingerprint density at radius 1 is 1.39 bits per heavy atom. The van der Waals surface area contributed by atoms with E-state index in [0.29, 0.717) is 16.1 Å². The van der Waals surface area contributed by atoms with E-state index in [1.54, 1.807) is 32.1 Å². The Morgan fingerprint density at radius 2 is 2.13 bits per heavy atom. The van der Waals surface area contributed by atoms with Crippen LogP contribution in [0, 0.1) is 5.92 Å². The number of esters is 1. The number of thiophene rings is 1. The van der Waals surface area contributed by atoms with Crippen molar-refractivity contribution in [3.8, 4) is 0 Å². The van der Waals surface area contributed by atoms with Gasteiger partial charge in [-0.1, -0.05) is 12.1 Å². The molecule has 0 aliphatic heterocycles. The number of hydrogen-bond acceptors (Lipinski definition) is 6. The van der Waals surface area contributed by atoms with Crippen LogP contribution in [0.1, 0.15) is 50.6 Å². The van der Waals surface area contributed by atoms with Crippen LogP contribution < -0.4 is 5.56 Å². The van der Waals surface area contributed by atoms with Gasteiger partial charge in [-0.05, 0) is 51.5 Å². The summed E-state index contributed by atoms with van der Waals surface area (Å²) in [5, 5.41) is 8.77. The molecule has 0 fully saturated rings. The second-order valence-corrected chi connectivity index (χ2v) is 7.62. The average Bonchev–Trinajstić information content (AvgIpc) is 2.84. The maximum absolute atomic E-state index is 12.8. The first-order valence-electron chi connectivity index (χ1n) is 7.98. The zero-order chi connectivity index (χ0) is 16.7. The van der Waals surface area contributed by atoms with Gasteiger partial charge in [0.05, 0.1) is 11.5 Å². The molecule has 0 bridgehead atoms. The first-order chi connectivity index (χ1) is 10.9. The molecule has 2 aromatic rings. The number of ether oxygens (including phenoxy) is 1. The molecule has 124 valence electrons. The summed E-state index contributed by atoms with van der Waals surface area (Å²) in [6.45, 7) is 7.40. The van der Waals surface area contributed by atoms with Crippen LogP contribution in [0.2, 0.25) is 0 Å². The van der Waals surface area contributed by atoms with Gasteiger partial charge in [0, 0.05) is 4.88 Å². The minimum absolute atomic E-state index is 0.229. The second kappa shape index (κ2) is 6.03. The molecule has 0 N–H and O–H groups in total. The zero-order valence-corrected chi connectivity index (χ0v) is 14.6. The number of rotatable bonds is 3. The van der Waals surface area contributed by atoms with Crippen LogP contribution in [0.15, 0.2) is 4.79 Å². The molecule has 2 aromatic heterocycles. The van der Waals surface area contributed by atoms with Gasteiger partial charge in [-0.15, -0.1) is 16.4 Å². The van der Waals surface area contributed by atoms with Crippen LogP contribution in [0.4, 0.5) is 0 Å². The number of fused-ring (bicyclic) bond motifs is 3. The van der Waals surface area contributed by atoms with Gasteiger partial charge in [-0.2, -0.15) is 4.68 Å². The molecular weight excluding hydrogens is 314 g/mol. The SMILES string of the molecule is CC(C)OC(=O)[C@@H](C)n1nnc2sc3c(c2c1=O)CC[C@@H](C)C3. The number of carbonyl (C=O) groups is 1. The number of aryl methyl sites for hydroxylation is 1. The predicted molar refractivity (Wildman–Crippen MR) is 88.8 cm³/mol. The molecule has 1 aliphatic carbocycles. The molecule has 0 saturated heterocycles. The predicted octanol–water partition coefficient (Wildman–Crippen LogP) is 2.49. The van der Waals surface area contributed by atoms with Crippen molar-refractivity contribution in [2.75, 3.05) is 0 Å². The molecule has 2 atom stereocenters. The van der Waals surface area contributed by atoms with Crippen LogP contribution in [-0.2, 0) is 22.4 Å². The van der Waals surface area contributed by atoms with Gasteiger partial charge in [0.25, 0.3) is 5.56 Å². The molecule has 6 nitrogen and oxygen atoms in total. The molecule has 1 aliphatic rings. The van der Waals surface area contributed by atoms with Gasteiger partial charge in [0.2, 0.25) is 0 Å². The van der Waals surface area contributed by atoms with E-state index in [1.165, 1.54) is 4.88 Å². The summed E-state index contributed by atoms with van der Waals surface area (Å²) in [4.78, 5) is 26.8. The van der Waals surface area contributed by atoms with Crippen molar-refractivity contribution in [3.05, 3.63) is 20.8 Å². The number of hydrogen-bond donors (Lipinski definition) is 0. The highest BCUT2D eigenvalue weighted by Gasteiger charge is 2.26. The first kappa shape index (κ1) is 16.1. The van der Waals surface area contributed by atoms with Gasteiger partial charge in [0.1, 0.15) is 0 Å². The fraction of sp³-hybridized carbons (Fsp3) is 0.625. The van der Waals surface area contributed by atoms with E-state index in [1.807, 2.05) is 0 Å². The van der Waals surface area contributed by atoms with Gasteiger partial charge in [0.15, 0.2) is 10.9 Å². The zero-order valence-electron chi connectivity index (χ0n) is 13.8. The van der Waals surface area contributed by atoms with Crippen LogP contribution in [0.3, 0.4) is 0 Å². The minimum atomic E-state index is -0.778. The van der Waals surface area contributed by atoms with E-state index in [4.69, 9.17) is 4.74 Å². The lowest BCUT2D eigenvalue weighted by molar-refractivity contribution is -0.151. The quantitative estimate of drug-likeness (QED) is 0.806. The van der Waals surface area contributed by atoms with Crippen LogP contribution in [0.25, 0.3) is 10.2 Å². The van der Waals surface area contributed by atoms with Crippen molar-refractivity contribution in [2.45, 2.75) is 59.1 Å². The van der Waals surface area contributed by atoms with E-state index >= 15 is 0 Å². The molecule has 0 radical (unpaired) electrons. The van der Waals surface area contributed by atoms with Crippen molar-refractivity contribution >= 4 is 27.5 Å². The normalized spacial score (nSPS) is 18.9. The smallest absolute Gasteiger partial charge is 0.331 e. The summed E-state index contributed by atoms with van der Waals surface area (Å²) in [6, 6.07) is -0.778. The highest BCUT2D eigenvalue weighted by molar-refractivity contribution is 7.18. The van der Waals surface area contributed by atoms with Gasteiger partial charge < -0.3 is 4.74 Å². The highest BCUT2D eigenvalue weighted by atomic mass is 32.1. The lowest BCUT2D eigenvalue weighted by Crippen LogP contribution is -2.33. The first-order valence-corrected chi connectivity index (χ1v) is 8.80. The van der Waals surface area contributed by atoms with Crippen LogP contribution >= 0.6 is 11.3 Å². The van der Waals surface area contributed by atoms with Crippen molar-refractivity contribution in [1.29, 1.82) is 0 Å².